The Kier molecular flexibility index (Phi) is 4.14. The molecule has 2 rings (SSSR count). The lowest BCUT2D eigenvalue weighted by atomic mass is 10.2. The van der Waals surface area contributed by atoms with Gasteiger partial charge in [0.25, 0.3) is 0 Å². The molecule has 1 heterocycles. The summed E-state index contributed by atoms with van der Waals surface area (Å²) in [5.41, 5.74) is 6.60. The van der Waals surface area contributed by atoms with E-state index in [1.807, 2.05) is 0 Å². The van der Waals surface area contributed by atoms with E-state index < -0.39 is 5.97 Å². The van der Waals surface area contributed by atoms with Gasteiger partial charge in [-0.15, -0.1) is 0 Å². The van der Waals surface area contributed by atoms with Crippen LogP contribution in [0.3, 0.4) is 0 Å². The summed E-state index contributed by atoms with van der Waals surface area (Å²) in [6, 6.07) is 7.89. The van der Waals surface area contributed by atoms with E-state index >= 15 is 0 Å². The first kappa shape index (κ1) is 13.8. The predicted molar refractivity (Wildman–Crippen MR) is 73.7 cm³/mol. The van der Waals surface area contributed by atoms with Crippen molar-refractivity contribution in [1.29, 1.82) is 0 Å². The smallest absolute Gasteiger partial charge is 0.340 e. The third-order valence-electron chi connectivity index (χ3n) is 2.76. The first-order valence-electron chi connectivity index (χ1n) is 5.93. The molecular formula is C14H14FN3O2. The second-order valence-electron chi connectivity index (χ2n) is 4.09. The standard InChI is InChI=1S/C14H14FN3O2/c1-20-14(19)10-6-13(18-8-12(10)16)17-7-9-4-2-3-5-11(9)15/h2-6,8H,7,16H2,1H3,(H,17,18). The van der Waals surface area contributed by atoms with Crippen molar-refractivity contribution in [2.75, 3.05) is 18.2 Å². The van der Waals surface area contributed by atoms with E-state index in [0.29, 0.717) is 11.4 Å². The third-order valence-corrected chi connectivity index (χ3v) is 2.76. The van der Waals surface area contributed by atoms with Crippen LogP contribution in [0.25, 0.3) is 0 Å². The highest BCUT2D eigenvalue weighted by Gasteiger charge is 2.11. The van der Waals surface area contributed by atoms with E-state index in [1.165, 1.54) is 25.4 Å². The van der Waals surface area contributed by atoms with Crippen LogP contribution in [0.15, 0.2) is 36.5 Å². The number of anilines is 2. The zero-order chi connectivity index (χ0) is 14.5. The Bertz CT molecular complexity index is 632. The number of carbonyl (C=O) groups is 1. The average molecular weight is 275 g/mol. The number of ether oxygens (including phenoxy) is 1. The second kappa shape index (κ2) is 6.01. The zero-order valence-electron chi connectivity index (χ0n) is 10.9. The highest BCUT2D eigenvalue weighted by molar-refractivity contribution is 5.95. The van der Waals surface area contributed by atoms with Crippen molar-refractivity contribution in [3.63, 3.8) is 0 Å². The molecular weight excluding hydrogens is 261 g/mol. The molecule has 0 unspecified atom stereocenters. The molecule has 0 amide bonds. The van der Waals surface area contributed by atoms with Crippen molar-refractivity contribution >= 4 is 17.5 Å². The molecule has 0 saturated heterocycles. The van der Waals surface area contributed by atoms with Gasteiger partial charge in [0.2, 0.25) is 0 Å². The molecule has 104 valence electrons. The van der Waals surface area contributed by atoms with Crippen LogP contribution in [0.5, 0.6) is 0 Å². The van der Waals surface area contributed by atoms with Gasteiger partial charge < -0.3 is 15.8 Å². The van der Waals surface area contributed by atoms with E-state index in [-0.39, 0.29) is 23.6 Å². The molecule has 0 radical (unpaired) electrons. The number of hydrogen-bond donors (Lipinski definition) is 2. The molecule has 0 aliphatic heterocycles. The Balaban J connectivity index is 2.14. The molecule has 0 saturated carbocycles. The van der Waals surface area contributed by atoms with E-state index in [2.05, 4.69) is 15.0 Å². The lowest BCUT2D eigenvalue weighted by Gasteiger charge is -2.09. The minimum absolute atomic E-state index is 0.221. The van der Waals surface area contributed by atoms with E-state index in [1.54, 1.807) is 18.2 Å². The molecule has 0 aliphatic rings. The van der Waals surface area contributed by atoms with Gasteiger partial charge >= 0.3 is 5.97 Å². The van der Waals surface area contributed by atoms with E-state index in [4.69, 9.17) is 5.73 Å². The molecule has 20 heavy (non-hydrogen) atoms. The Hall–Kier alpha value is -2.63. The Morgan fingerprint density at radius 1 is 1.45 bits per heavy atom. The number of halogens is 1. The number of benzene rings is 1. The van der Waals surface area contributed by atoms with Gasteiger partial charge in [0.05, 0.1) is 24.6 Å². The predicted octanol–water partition coefficient (Wildman–Crippen LogP) is 2.20. The molecule has 0 fully saturated rings. The van der Waals surface area contributed by atoms with E-state index in [9.17, 15) is 9.18 Å². The van der Waals surface area contributed by atoms with Crippen LogP contribution in [-0.4, -0.2) is 18.1 Å². The largest absolute Gasteiger partial charge is 0.465 e. The summed E-state index contributed by atoms with van der Waals surface area (Å²) in [6.07, 6.45) is 1.36. The fraction of sp³-hybridized carbons (Fsp3) is 0.143. The highest BCUT2D eigenvalue weighted by atomic mass is 19.1. The fourth-order valence-corrected chi connectivity index (χ4v) is 1.68. The van der Waals surface area contributed by atoms with Crippen molar-refractivity contribution in [3.05, 3.63) is 53.5 Å². The molecule has 0 atom stereocenters. The maximum absolute atomic E-state index is 13.5. The fourth-order valence-electron chi connectivity index (χ4n) is 1.68. The number of aromatic nitrogens is 1. The summed E-state index contributed by atoms with van der Waals surface area (Å²) in [6.45, 7) is 0.254. The average Bonchev–Trinajstić information content (AvgIpc) is 2.47. The number of rotatable bonds is 4. The van der Waals surface area contributed by atoms with Crippen molar-refractivity contribution in [1.82, 2.24) is 4.98 Å². The van der Waals surface area contributed by atoms with Crippen LogP contribution >= 0.6 is 0 Å². The summed E-state index contributed by atoms with van der Waals surface area (Å²) in [5, 5.41) is 2.93. The SMILES string of the molecule is COC(=O)c1cc(NCc2ccccc2F)ncc1N. The van der Waals surface area contributed by atoms with Gasteiger partial charge in [-0.05, 0) is 12.1 Å². The normalized spacial score (nSPS) is 10.1. The number of pyridine rings is 1. The van der Waals surface area contributed by atoms with Crippen LogP contribution in [-0.2, 0) is 11.3 Å². The van der Waals surface area contributed by atoms with Crippen LogP contribution in [0.1, 0.15) is 15.9 Å². The van der Waals surface area contributed by atoms with Crippen LogP contribution in [0, 0.1) is 5.82 Å². The molecule has 0 bridgehead atoms. The van der Waals surface area contributed by atoms with Crippen LogP contribution < -0.4 is 11.1 Å². The maximum atomic E-state index is 13.5. The first-order chi connectivity index (χ1) is 9.61. The molecule has 1 aromatic heterocycles. The molecule has 5 nitrogen and oxygen atoms in total. The summed E-state index contributed by atoms with van der Waals surface area (Å²) in [4.78, 5) is 15.5. The summed E-state index contributed by atoms with van der Waals surface area (Å²) >= 11 is 0. The number of nitrogens with two attached hydrogens (primary N) is 1. The van der Waals surface area contributed by atoms with Crippen molar-refractivity contribution < 1.29 is 13.9 Å². The first-order valence-corrected chi connectivity index (χ1v) is 5.93. The number of carbonyl (C=O) groups excluding carboxylic acids is 1. The molecule has 0 aliphatic carbocycles. The number of methoxy groups -OCH3 is 1. The van der Waals surface area contributed by atoms with Gasteiger partial charge in [0.15, 0.2) is 0 Å². The number of esters is 1. The number of hydrogen-bond acceptors (Lipinski definition) is 5. The van der Waals surface area contributed by atoms with Crippen molar-refractivity contribution in [2.45, 2.75) is 6.54 Å². The number of nitrogens with one attached hydrogen (secondary N) is 1. The minimum Gasteiger partial charge on any atom is -0.465 e. The number of nitrogens with zero attached hydrogens (tertiary/aromatic N) is 1. The zero-order valence-corrected chi connectivity index (χ0v) is 10.9. The third kappa shape index (κ3) is 3.03. The monoisotopic (exact) mass is 275 g/mol. The van der Waals surface area contributed by atoms with Gasteiger partial charge in [0, 0.05) is 12.1 Å². The lowest BCUT2D eigenvalue weighted by molar-refractivity contribution is 0.0602. The Morgan fingerprint density at radius 2 is 2.20 bits per heavy atom. The quantitative estimate of drug-likeness (QED) is 0.836. The molecule has 0 spiro atoms. The topological polar surface area (TPSA) is 77.2 Å². The van der Waals surface area contributed by atoms with Crippen molar-refractivity contribution in [3.8, 4) is 0 Å². The molecule has 3 N–H and O–H groups in total. The van der Waals surface area contributed by atoms with E-state index in [0.717, 1.165) is 0 Å². The van der Waals surface area contributed by atoms with Crippen LogP contribution in [0.2, 0.25) is 0 Å². The Morgan fingerprint density at radius 3 is 2.90 bits per heavy atom. The van der Waals surface area contributed by atoms with Gasteiger partial charge in [-0.1, -0.05) is 18.2 Å². The maximum Gasteiger partial charge on any atom is 0.340 e. The summed E-state index contributed by atoms with van der Waals surface area (Å²) in [5.74, 6) is -0.426. The van der Waals surface area contributed by atoms with Gasteiger partial charge in [0.1, 0.15) is 11.6 Å². The second-order valence-corrected chi connectivity index (χ2v) is 4.09. The summed E-state index contributed by atoms with van der Waals surface area (Å²) in [7, 11) is 1.27. The summed E-state index contributed by atoms with van der Waals surface area (Å²) < 4.78 is 18.1. The number of nitrogen functional groups attached to an aromatic ring is 1. The minimum atomic E-state index is -0.543. The van der Waals surface area contributed by atoms with Gasteiger partial charge in [-0.3, -0.25) is 0 Å². The Labute approximate surface area is 115 Å². The lowest BCUT2D eigenvalue weighted by Crippen LogP contribution is -2.09. The molecule has 1 aromatic carbocycles. The van der Waals surface area contributed by atoms with Gasteiger partial charge in [-0.25, -0.2) is 14.2 Å². The van der Waals surface area contributed by atoms with Gasteiger partial charge in [-0.2, -0.15) is 0 Å². The van der Waals surface area contributed by atoms with Crippen LogP contribution in [0.4, 0.5) is 15.9 Å². The molecule has 2 aromatic rings. The molecule has 6 heteroatoms. The van der Waals surface area contributed by atoms with Crippen molar-refractivity contribution in [2.24, 2.45) is 0 Å². The highest BCUT2D eigenvalue weighted by Crippen LogP contribution is 2.17.